The summed E-state index contributed by atoms with van der Waals surface area (Å²) in [5, 5.41) is 11.0. The lowest BCUT2D eigenvalue weighted by Gasteiger charge is -2.36. The molecule has 2 fully saturated rings. The fraction of sp³-hybridized carbons (Fsp3) is 0.611. The topological polar surface area (TPSA) is 49.8 Å². The third-order valence-electron chi connectivity index (χ3n) is 5.39. The van der Waals surface area contributed by atoms with E-state index < -0.39 is 12.0 Å². The van der Waals surface area contributed by atoms with Gasteiger partial charge in [-0.1, -0.05) is 23.7 Å². The van der Waals surface area contributed by atoms with Gasteiger partial charge in [-0.05, 0) is 57.4 Å². The quantitative estimate of drug-likeness (QED) is 0.857. The van der Waals surface area contributed by atoms with Gasteiger partial charge in [-0.25, -0.2) is 0 Å². The Bertz CT molecular complexity index is 548. The van der Waals surface area contributed by atoms with Gasteiger partial charge in [0, 0.05) is 17.1 Å². The van der Waals surface area contributed by atoms with E-state index in [1.54, 1.807) is 31.2 Å². The fourth-order valence-corrected chi connectivity index (χ4v) is 3.93. The van der Waals surface area contributed by atoms with Gasteiger partial charge >= 0.3 is 5.97 Å². The van der Waals surface area contributed by atoms with E-state index in [1.807, 2.05) is 0 Å². The zero-order valence-corrected chi connectivity index (χ0v) is 14.4. The van der Waals surface area contributed by atoms with Crippen LogP contribution in [0.1, 0.15) is 44.3 Å². The van der Waals surface area contributed by atoms with Crippen LogP contribution in [0.3, 0.4) is 0 Å². The summed E-state index contributed by atoms with van der Waals surface area (Å²) >= 11 is 5.86. The number of carbonyl (C=O) groups is 1. The molecular formula is C18H24ClNO3. The summed E-state index contributed by atoms with van der Waals surface area (Å²) in [6, 6.07) is 7.98. The summed E-state index contributed by atoms with van der Waals surface area (Å²) in [5.41, 5.74) is 0.683. The highest BCUT2D eigenvalue weighted by atomic mass is 35.5. The summed E-state index contributed by atoms with van der Waals surface area (Å²) in [5.74, 6) is -0.908. The van der Waals surface area contributed by atoms with Crippen LogP contribution in [-0.2, 0) is 9.53 Å². The lowest BCUT2D eigenvalue weighted by molar-refractivity contribution is -0.160. The van der Waals surface area contributed by atoms with Crippen molar-refractivity contribution in [3.05, 3.63) is 34.9 Å². The molecule has 2 aliphatic heterocycles. The number of nitrogens with zero attached hydrogens (tertiary/aromatic N) is 1. The second kappa shape index (κ2) is 6.80. The molecule has 2 heterocycles. The van der Waals surface area contributed by atoms with Gasteiger partial charge in [0.05, 0.1) is 12.0 Å². The first-order valence-corrected chi connectivity index (χ1v) is 8.69. The van der Waals surface area contributed by atoms with E-state index >= 15 is 0 Å². The zero-order chi connectivity index (χ0) is 16.6. The molecule has 0 aliphatic carbocycles. The molecule has 2 saturated heterocycles. The van der Waals surface area contributed by atoms with Crippen LogP contribution in [0.2, 0.25) is 5.02 Å². The fourth-order valence-electron chi connectivity index (χ4n) is 3.81. The van der Waals surface area contributed by atoms with Crippen molar-refractivity contribution in [2.45, 2.75) is 56.9 Å². The molecule has 0 saturated carbocycles. The van der Waals surface area contributed by atoms with Gasteiger partial charge in [-0.3, -0.25) is 4.79 Å². The van der Waals surface area contributed by atoms with Crippen molar-refractivity contribution in [1.29, 1.82) is 0 Å². The Hall–Kier alpha value is -1.10. The van der Waals surface area contributed by atoms with Crippen LogP contribution in [-0.4, -0.2) is 41.2 Å². The predicted molar refractivity (Wildman–Crippen MR) is 89.3 cm³/mol. The number of piperidine rings is 1. The summed E-state index contributed by atoms with van der Waals surface area (Å²) in [7, 11) is 2.16. The van der Waals surface area contributed by atoms with Crippen LogP contribution in [0.4, 0.5) is 0 Å². The van der Waals surface area contributed by atoms with E-state index in [9.17, 15) is 9.90 Å². The molecule has 0 aromatic heterocycles. The van der Waals surface area contributed by atoms with E-state index in [0.29, 0.717) is 22.7 Å². The number of carbonyl (C=O) groups excluding carboxylic acids is 1. The second-order valence-corrected chi connectivity index (χ2v) is 7.30. The number of rotatable bonds is 4. The number of halogens is 1. The van der Waals surface area contributed by atoms with Gasteiger partial charge in [0.1, 0.15) is 6.10 Å². The van der Waals surface area contributed by atoms with E-state index in [4.69, 9.17) is 16.3 Å². The number of hydrogen-bond donors (Lipinski definition) is 1. The summed E-state index contributed by atoms with van der Waals surface area (Å²) in [4.78, 5) is 14.8. The molecule has 1 N–H and O–H groups in total. The summed E-state index contributed by atoms with van der Waals surface area (Å²) < 4.78 is 5.70. The normalized spacial score (nSPS) is 30.0. The maximum Gasteiger partial charge on any atom is 0.311 e. The highest BCUT2D eigenvalue weighted by Crippen LogP contribution is 2.36. The second-order valence-electron chi connectivity index (χ2n) is 6.87. The number of esters is 1. The summed E-state index contributed by atoms with van der Waals surface area (Å²) in [6.07, 6.45) is 3.31. The first kappa shape index (κ1) is 16.7. The molecule has 0 radical (unpaired) electrons. The average molecular weight is 338 g/mol. The molecule has 4 unspecified atom stereocenters. The molecule has 1 aromatic carbocycles. The Morgan fingerprint density at radius 2 is 1.83 bits per heavy atom. The molecule has 0 amide bonds. The Labute approximate surface area is 142 Å². The first-order valence-electron chi connectivity index (χ1n) is 8.31. The molecule has 126 valence electrons. The molecule has 23 heavy (non-hydrogen) atoms. The largest absolute Gasteiger partial charge is 0.462 e. The molecule has 2 aliphatic rings. The van der Waals surface area contributed by atoms with E-state index in [-0.39, 0.29) is 12.1 Å². The van der Waals surface area contributed by atoms with Crippen molar-refractivity contribution < 1.29 is 14.6 Å². The molecule has 0 spiro atoms. The average Bonchev–Trinajstić information content (AvgIpc) is 2.75. The summed E-state index contributed by atoms with van der Waals surface area (Å²) in [6.45, 7) is 1.71. The van der Waals surface area contributed by atoms with Gasteiger partial charge in [0.25, 0.3) is 0 Å². The van der Waals surface area contributed by atoms with Crippen LogP contribution in [0.15, 0.2) is 24.3 Å². The number of fused-ring (bicyclic) bond motifs is 2. The van der Waals surface area contributed by atoms with E-state index in [0.717, 1.165) is 12.8 Å². The van der Waals surface area contributed by atoms with Gasteiger partial charge in [-0.2, -0.15) is 0 Å². The predicted octanol–water partition coefficient (Wildman–Crippen LogP) is 3.18. The van der Waals surface area contributed by atoms with E-state index in [2.05, 4.69) is 11.9 Å². The minimum absolute atomic E-state index is 0.0175. The molecular weight excluding hydrogens is 314 g/mol. The van der Waals surface area contributed by atoms with E-state index in [1.165, 1.54) is 12.8 Å². The number of aliphatic hydroxyl groups excluding tert-OH is 1. The smallest absolute Gasteiger partial charge is 0.311 e. The van der Waals surface area contributed by atoms with Crippen LogP contribution < -0.4 is 0 Å². The van der Waals surface area contributed by atoms with Crippen molar-refractivity contribution in [2.24, 2.45) is 5.92 Å². The zero-order valence-electron chi connectivity index (χ0n) is 13.6. The first-order chi connectivity index (χ1) is 11.0. The van der Waals surface area contributed by atoms with Gasteiger partial charge in [0.2, 0.25) is 0 Å². The molecule has 3 rings (SSSR count). The number of benzene rings is 1. The Morgan fingerprint density at radius 3 is 2.39 bits per heavy atom. The Kier molecular flexibility index (Phi) is 4.95. The lowest BCUT2D eigenvalue weighted by Crippen LogP contribution is -2.44. The molecule has 4 atom stereocenters. The van der Waals surface area contributed by atoms with Crippen LogP contribution in [0.25, 0.3) is 0 Å². The van der Waals surface area contributed by atoms with Crippen LogP contribution >= 0.6 is 11.6 Å². The third kappa shape index (κ3) is 3.54. The molecule has 1 aromatic rings. The number of aliphatic hydroxyl groups is 1. The Morgan fingerprint density at radius 1 is 1.26 bits per heavy atom. The van der Waals surface area contributed by atoms with Crippen LogP contribution in [0.5, 0.6) is 0 Å². The lowest BCUT2D eigenvalue weighted by atomic mass is 9.96. The standard InChI is InChI=1S/C18H24ClNO3/c1-11(17(21)12-3-5-13(19)6-4-12)18(22)23-16-9-14-7-8-15(10-16)20(14)2/h3-6,11,14-17,21H,7-10H2,1-2H3. The maximum atomic E-state index is 12.4. The monoisotopic (exact) mass is 337 g/mol. The highest BCUT2D eigenvalue weighted by Gasteiger charge is 2.40. The number of hydrogen-bond acceptors (Lipinski definition) is 4. The van der Waals surface area contributed by atoms with Gasteiger partial charge in [-0.15, -0.1) is 0 Å². The SMILES string of the molecule is CC(C(=O)OC1CC2CCC(C1)N2C)C(O)c1ccc(Cl)cc1. The maximum absolute atomic E-state index is 12.4. The van der Waals surface area contributed by atoms with Crippen molar-refractivity contribution in [3.63, 3.8) is 0 Å². The minimum atomic E-state index is -0.872. The van der Waals surface area contributed by atoms with Crippen molar-refractivity contribution >= 4 is 17.6 Å². The van der Waals surface area contributed by atoms with Crippen molar-refractivity contribution in [1.82, 2.24) is 4.90 Å². The van der Waals surface area contributed by atoms with Gasteiger partial charge in [0.15, 0.2) is 0 Å². The van der Waals surface area contributed by atoms with Gasteiger partial charge < -0.3 is 14.7 Å². The molecule has 5 heteroatoms. The molecule has 2 bridgehead atoms. The molecule has 4 nitrogen and oxygen atoms in total. The van der Waals surface area contributed by atoms with Crippen molar-refractivity contribution in [2.75, 3.05) is 7.05 Å². The highest BCUT2D eigenvalue weighted by molar-refractivity contribution is 6.30. The third-order valence-corrected chi connectivity index (χ3v) is 5.65. The Balaban J connectivity index is 1.58. The van der Waals surface area contributed by atoms with Crippen LogP contribution in [0, 0.1) is 5.92 Å². The number of ether oxygens (including phenoxy) is 1. The minimum Gasteiger partial charge on any atom is -0.462 e. The van der Waals surface area contributed by atoms with Crippen molar-refractivity contribution in [3.8, 4) is 0 Å².